The van der Waals surface area contributed by atoms with E-state index in [0.29, 0.717) is 6.92 Å². The molecule has 3 nitrogen and oxygen atoms in total. The molecule has 0 N–H and O–H groups in total. The quantitative estimate of drug-likeness (QED) is 0.203. The lowest BCUT2D eigenvalue weighted by atomic mass is 10.2. The van der Waals surface area contributed by atoms with Crippen LogP contribution in [0.5, 0.6) is 0 Å². The third-order valence-electron chi connectivity index (χ3n) is 3.18. The van der Waals surface area contributed by atoms with Gasteiger partial charge in [-0.25, -0.2) is 13.2 Å². The fourth-order valence-electron chi connectivity index (χ4n) is 1.87. The number of hydrogen-bond acceptors (Lipinski definition) is 3. The van der Waals surface area contributed by atoms with Gasteiger partial charge in [0.25, 0.3) is 24.5 Å². The summed E-state index contributed by atoms with van der Waals surface area (Å²) in [5, 5.41) is 0. The Morgan fingerprint density at radius 2 is 0.676 bits per heavy atom. The fraction of sp³-hybridized carbons (Fsp3) is 1.00. The van der Waals surface area contributed by atoms with E-state index in [4.69, 9.17) is 0 Å². The summed E-state index contributed by atoms with van der Waals surface area (Å²) in [6.45, 7) is 0.503. The van der Waals surface area contributed by atoms with Crippen LogP contribution in [0.25, 0.3) is 0 Å². The molecule has 0 saturated heterocycles. The van der Waals surface area contributed by atoms with E-state index in [1.807, 2.05) is 0 Å². The van der Waals surface area contributed by atoms with Crippen molar-refractivity contribution < 1.29 is 93.2 Å². The number of hydrogen-bond donors (Lipinski definition) is 0. The maximum Gasteiger partial charge on any atom is 0.428 e. The van der Waals surface area contributed by atoms with Gasteiger partial charge in [-0.3, -0.25) is 14.2 Å². The van der Waals surface area contributed by atoms with Gasteiger partial charge in [0.15, 0.2) is 0 Å². The van der Waals surface area contributed by atoms with Crippen molar-refractivity contribution in [1.82, 2.24) is 0 Å². The van der Waals surface area contributed by atoms with Crippen LogP contribution in [0.1, 0.15) is 19.8 Å². The smallest absolute Gasteiger partial charge is 0.260 e. The van der Waals surface area contributed by atoms with Gasteiger partial charge >= 0.3 is 36.9 Å². The summed E-state index contributed by atoms with van der Waals surface area (Å²) in [4.78, 5) is 0. The second-order valence-corrected chi connectivity index (χ2v) is 6.14. The van der Waals surface area contributed by atoms with Crippen LogP contribution in [0.15, 0.2) is 0 Å². The lowest BCUT2D eigenvalue weighted by Gasteiger charge is -2.41. The molecule has 0 aliphatic rings. The van der Waals surface area contributed by atoms with Crippen molar-refractivity contribution in [1.29, 1.82) is 0 Å². The van der Waals surface area contributed by atoms with E-state index >= 15 is 0 Å². The van der Waals surface area contributed by atoms with Gasteiger partial charge in [0.1, 0.15) is 0 Å². The third kappa shape index (κ3) is 8.38. The summed E-state index contributed by atoms with van der Waals surface area (Å²) in [7, 11) is 0. The van der Waals surface area contributed by atoms with Crippen LogP contribution < -0.4 is 0 Å². The maximum absolute atomic E-state index is 13.6. The summed E-state index contributed by atoms with van der Waals surface area (Å²) in [5.74, 6) is -5.62. The molecule has 0 bridgehead atoms. The molecule has 0 aromatic heterocycles. The van der Waals surface area contributed by atoms with Crippen LogP contribution in [0, 0.1) is 0 Å². The minimum absolute atomic E-state index is 0.503. The molecular formula is C13H10F18O3. The second kappa shape index (κ2) is 9.94. The molecule has 3 atom stereocenters. The van der Waals surface area contributed by atoms with Crippen LogP contribution in [-0.4, -0.2) is 61.3 Å². The highest BCUT2D eigenvalue weighted by Crippen LogP contribution is 2.48. The standard InChI is InChI=1S/C13H10F18O3/c1-2-3-7(32-11(26,27)4(14)8(17,18)19,33-12(28,29)5(15)9(20,21)22)34-13(30,31)6(16)10(23,24)25/h4-6H,2-3H2,1H3. The first-order valence-electron chi connectivity index (χ1n) is 8.01. The van der Waals surface area contributed by atoms with E-state index in [-0.39, 0.29) is 0 Å². The zero-order chi connectivity index (χ0) is 27.8. The molecule has 34 heavy (non-hydrogen) atoms. The molecule has 0 saturated carbocycles. The lowest BCUT2D eigenvalue weighted by molar-refractivity contribution is -0.561. The van der Waals surface area contributed by atoms with E-state index in [1.54, 1.807) is 0 Å². The molecule has 0 aromatic rings. The summed E-state index contributed by atoms with van der Waals surface area (Å²) in [5.41, 5.74) is 0. The third-order valence-corrected chi connectivity index (χ3v) is 3.18. The van der Waals surface area contributed by atoms with Crippen molar-refractivity contribution in [3.8, 4) is 0 Å². The first-order valence-corrected chi connectivity index (χ1v) is 8.01. The predicted molar refractivity (Wildman–Crippen MR) is 68.6 cm³/mol. The van der Waals surface area contributed by atoms with Gasteiger partial charge in [0.05, 0.1) is 0 Å². The monoisotopic (exact) mass is 556 g/mol. The molecule has 3 unspecified atom stereocenters. The molecule has 0 radical (unpaired) electrons. The molecular weight excluding hydrogens is 546 g/mol. The van der Waals surface area contributed by atoms with E-state index in [0.717, 1.165) is 0 Å². The number of halogens is 18. The Balaban J connectivity index is 6.74. The maximum atomic E-state index is 13.6. The number of alkyl halides is 18. The van der Waals surface area contributed by atoms with E-state index in [2.05, 4.69) is 14.2 Å². The lowest BCUT2D eigenvalue weighted by Crippen LogP contribution is -2.60. The summed E-state index contributed by atoms with van der Waals surface area (Å²) >= 11 is 0. The van der Waals surface area contributed by atoms with Gasteiger partial charge in [-0.2, -0.15) is 65.9 Å². The first kappa shape index (κ1) is 32.6. The van der Waals surface area contributed by atoms with Crippen LogP contribution in [-0.2, 0) is 14.2 Å². The zero-order valence-electron chi connectivity index (χ0n) is 15.7. The van der Waals surface area contributed by atoms with Gasteiger partial charge in [0, 0.05) is 6.42 Å². The first-order chi connectivity index (χ1) is 14.6. The zero-order valence-corrected chi connectivity index (χ0v) is 15.7. The molecule has 21 heteroatoms. The Morgan fingerprint density at radius 3 is 0.824 bits per heavy atom. The Hall–Kier alpha value is -1.38. The van der Waals surface area contributed by atoms with Crippen molar-refractivity contribution >= 4 is 0 Å². The van der Waals surface area contributed by atoms with Crippen LogP contribution in [0.3, 0.4) is 0 Å². The van der Waals surface area contributed by atoms with Crippen LogP contribution in [0.2, 0.25) is 0 Å². The molecule has 0 aliphatic carbocycles. The van der Waals surface area contributed by atoms with Crippen LogP contribution in [0.4, 0.5) is 79.0 Å². The summed E-state index contributed by atoms with van der Waals surface area (Å²) in [6, 6.07) is 0. The molecule has 0 amide bonds. The van der Waals surface area contributed by atoms with E-state index < -0.39 is 74.2 Å². The topological polar surface area (TPSA) is 27.7 Å². The van der Waals surface area contributed by atoms with E-state index in [9.17, 15) is 79.0 Å². The number of ether oxygens (including phenoxy) is 3. The van der Waals surface area contributed by atoms with Gasteiger partial charge in [-0.1, -0.05) is 6.92 Å². The molecule has 0 aliphatic heterocycles. The Kier molecular flexibility index (Phi) is 9.53. The molecule has 206 valence electrons. The molecule has 0 spiro atoms. The molecule has 0 heterocycles. The SMILES string of the molecule is CCCC(OC(F)(F)C(F)C(F)(F)F)(OC(F)(F)C(F)C(F)(F)F)OC(F)(F)C(F)C(F)(F)F. The minimum Gasteiger partial charge on any atom is -0.260 e. The highest BCUT2D eigenvalue weighted by Gasteiger charge is 2.69. The highest BCUT2D eigenvalue weighted by atomic mass is 19.4. The minimum atomic E-state index is -6.71. The van der Waals surface area contributed by atoms with E-state index in [1.165, 1.54) is 0 Å². The molecule has 0 fully saturated rings. The molecule has 0 rings (SSSR count). The van der Waals surface area contributed by atoms with Crippen molar-refractivity contribution in [3.63, 3.8) is 0 Å². The van der Waals surface area contributed by atoms with Crippen molar-refractivity contribution in [2.75, 3.05) is 0 Å². The van der Waals surface area contributed by atoms with Crippen molar-refractivity contribution in [3.05, 3.63) is 0 Å². The fourth-order valence-corrected chi connectivity index (χ4v) is 1.87. The van der Waals surface area contributed by atoms with Crippen molar-refractivity contribution in [2.45, 2.75) is 81.1 Å². The van der Waals surface area contributed by atoms with Gasteiger partial charge in [-0.05, 0) is 6.42 Å². The Bertz CT molecular complexity index is 569. The summed E-state index contributed by atoms with van der Waals surface area (Å²) in [6.07, 6.45) is -61.0. The van der Waals surface area contributed by atoms with Gasteiger partial charge in [-0.15, -0.1) is 0 Å². The van der Waals surface area contributed by atoms with Gasteiger partial charge in [0.2, 0.25) is 0 Å². The largest absolute Gasteiger partial charge is 0.428 e. The summed E-state index contributed by atoms with van der Waals surface area (Å²) < 4.78 is 238. The second-order valence-electron chi connectivity index (χ2n) is 6.14. The average molecular weight is 556 g/mol. The normalized spacial score (nSPS) is 19.5. The van der Waals surface area contributed by atoms with Crippen molar-refractivity contribution in [2.24, 2.45) is 0 Å². The number of rotatable bonds is 11. The van der Waals surface area contributed by atoms with Gasteiger partial charge < -0.3 is 0 Å². The Labute approximate surface area is 175 Å². The highest BCUT2D eigenvalue weighted by molar-refractivity contribution is 4.83. The molecule has 0 aromatic carbocycles. The predicted octanol–water partition coefficient (Wildman–Crippen LogP) is 6.97. The van der Waals surface area contributed by atoms with Crippen LogP contribution >= 0.6 is 0 Å². The average Bonchev–Trinajstić information content (AvgIpc) is 2.55. The Morgan fingerprint density at radius 1 is 0.471 bits per heavy atom.